The van der Waals surface area contributed by atoms with Crippen LogP contribution in [0.2, 0.25) is 0 Å². The number of amides is 4. The molecule has 0 saturated carbocycles. The second kappa shape index (κ2) is 15.1. The van der Waals surface area contributed by atoms with Crippen LogP contribution in [0.4, 0.5) is 0 Å². The van der Waals surface area contributed by atoms with E-state index in [4.69, 9.17) is 28.4 Å². The lowest BCUT2D eigenvalue weighted by atomic mass is 10.1. The largest absolute Gasteiger partial charge is 0.493 e. The number of imide groups is 2. The van der Waals surface area contributed by atoms with Crippen molar-refractivity contribution in [2.75, 3.05) is 40.5 Å². The van der Waals surface area contributed by atoms with E-state index in [1.54, 1.807) is 65.8 Å². The van der Waals surface area contributed by atoms with Crippen LogP contribution in [0.1, 0.15) is 101 Å². The third-order valence-electron chi connectivity index (χ3n) is 8.47. The smallest absolute Gasteiger partial charge is 0.308 e. The van der Waals surface area contributed by atoms with Crippen molar-refractivity contribution in [1.82, 2.24) is 9.80 Å². The maximum atomic E-state index is 13.4. The summed E-state index contributed by atoms with van der Waals surface area (Å²) in [5, 5.41) is 1.09. The number of carbonyl (C=O) groups excluding carboxylic acids is 6. The van der Waals surface area contributed by atoms with E-state index >= 15 is 0 Å². The molecular formula is C39H42N2O12S2. The molecule has 2 aliphatic rings. The van der Waals surface area contributed by atoms with E-state index in [1.165, 1.54) is 36.9 Å². The summed E-state index contributed by atoms with van der Waals surface area (Å²) in [5.74, 6) is -1.31. The van der Waals surface area contributed by atoms with Gasteiger partial charge in [-0.25, -0.2) is 0 Å². The lowest BCUT2D eigenvalue weighted by molar-refractivity contribution is -0.156. The highest BCUT2D eigenvalue weighted by Gasteiger charge is 2.41. The van der Waals surface area contributed by atoms with E-state index in [-0.39, 0.29) is 50.3 Å². The maximum Gasteiger partial charge on any atom is 0.308 e. The van der Waals surface area contributed by atoms with Crippen LogP contribution in [0.25, 0.3) is 20.2 Å². The van der Waals surface area contributed by atoms with Crippen LogP contribution in [-0.4, -0.2) is 97.1 Å². The molecule has 6 rings (SSSR count). The second-order valence-corrected chi connectivity index (χ2v) is 17.0. The maximum absolute atomic E-state index is 13.4. The van der Waals surface area contributed by atoms with Gasteiger partial charge in [0.1, 0.15) is 21.0 Å². The SMILES string of the molecule is COc1cc2sc3c(c2cc1OCCCOc1cc2c4c(sc2cc1OC)C(=O)N(CCC(=O)OC(C)(C)C)C4=O)C(=O)N(CCC(=O)OC(C)(C)C)C3=O. The Morgan fingerprint density at radius 1 is 0.582 bits per heavy atom. The number of nitrogens with zero attached hydrogens (tertiary/aromatic N) is 2. The van der Waals surface area contributed by atoms with E-state index < -0.39 is 46.8 Å². The normalized spacial score (nSPS) is 14.2. The molecule has 0 saturated heterocycles. The molecule has 0 atom stereocenters. The van der Waals surface area contributed by atoms with Crippen LogP contribution in [0.5, 0.6) is 23.0 Å². The summed E-state index contributed by atoms with van der Waals surface area (Å²) in [7, 11) is 2.99. The molecule has 0 spiro atoms. The summed E-state index contributed by atoms with van der Waals surface area (Å²) >= 11 is 2.35. The van der Waals surface area contributed by atoms with E-state index in [0.717, 1.165) is 9.80 Å². The monoisotopic (exact) mass is 794 g/mol. The Morgan fingerprint density at radius 3 is 1.31 bits per heavy atom. The molecule has 4 aromatic rings. The minimum absolute atomic E-state index is 0.0929. The zero-order chi connectivity index (χ0) is 40.0. The molecular weight excluding hydrogens is 753 g/mol. The summed E-state index contributed by atoms with van der Waals surface area (Å²) in [6.45, 7) is 10.7. The molecule has 2 aromatic heterocycles. The predicted molar refractivity (Wildman–Crippen MR) is 204 cm³/mol. The van der Waals surface area contributed by atoms with Crippen molar-refractivity contribution in [3.05, 3.63) is 45.1 Å². The minimum Gasteiger partial charge on any atom is -0.493 e. The Labute approximate surface area is 325 Å². The lowest BCUT2D eigenvalue weighted by Gasteiger charge is -2.20. The molecule has 4 amide bonds. The van der Waals surface area contributed by atoms with E-state index in [0.29, 0.717) is 59.3 Å². The van der Waals surface area contributed by atoms with Crippen molar-refractivity contribution < 1.29 is 57.2 Å². The molecule has 292 valence electrons. The number of esters is 2. The van der Waals surface area contributed by atoms with Gasteiger partial charge in [-0.1, -0.05) is 0 Å². The standard InChI is InChI=1S/C39H42N2O12S2/c1-38(2,3)52-28(42)10-12-40-34(44)30-20-16-24(22(48-7)18-26(20)54-32(30)36(40)46)50-14-9-15-51-25-17-21-27(19-23(25)49-8)55-33-31(21)35(45)41(37(33)47)13-11-29(43)53-39(4,5)6/h16-19H,9-15H2,1-8H3. The zero-order valence-electron chi connectivity index (χ0n) is 31.9. The molecule has 0 radical (unpaired) electrons. The van der Waals surface area contributed by atoms with E-state index in [9.17, 15) is 28.8 Å². The number of methoxy groups -OCH3 is 2. The van der Waals surface area contributed by atoms with Gasteiger partial charge in [-0.05, 0) is 53.7 Å². The van der Waals surface area contributed by atoms with Crippen molar-refractivity contribution in [3.8, 4) is 23.0 Å². The molecule has 55 heavy (non-hydrogen) atoms. The first kappa shape index (κ1) is 39.5. The van der Waals surface area contributed by atoms with Crippen molar-refractivity contribution in [3.63, 3.8) is 0 Å². The van der Waals surface area contributed by atoms with Crippen LogP contribution < -0.4 is 18.9 Å². The summed E-state index contributed by atoms with van der Waals surface area (Å²) in [6, 6.07) is 6.80. The van der Waals surface area contributed by atoms with Gasteiger partial charge in [-0.2, -0.15) is 0 Å². The number of benzene rings is 2. The Hall–Kier alpha value is -5.22. The molecule has 16 heteroatoms. The first-order valence-corrected chi connectivity index (χ1v) is 19.2. The van der Waals surface area contributed by atoms with Crippen molar-refractivity contribution >= 4 is 78.4 Å². The molecule has 4 heterocycles. The number of hydrogen-bond donors (Lipinski definition) is 0. The number of rotatable bonds is 14. The fourth-order valence-corrected chi connectivity index (χ4v) is 8.51. The number of hydrogen-bond acceptors (Lipinski definition) is 14. The molecule has 0 fully saturated rings. The van der Waals surface area contributed by atoms with Gasteiger partial charge < -0.3 is 28.4 Å². The number of ether oxygens (including phenoxy) is 6. The molecule has 2 aliphatic heterocycles. The topological polar surface area (TPSA) is 164 Å². The Kier molecular flexibility index (Phi) is 10.9. The summed E-state index contributed by atoms with van der Waals surface area (Å²) in [4.78, 5) is 80.4. The van der Waals surface area contributed by atoms with E-state index in [1.807, 2.05) is 0 Å². The highest BCUT2D eigenvalue weighted by atomic mass is 32.1. The van der Waals surface area contributed by atoms with Gasteiger partial charge >= 0.3 is 11.9 Å². The van der Waals surface area contributed by atoms with Gasteiger partial charge in [0.05, 0.1) is 51.4 Å². The molecule has 0 unspecified atom stereocenters. The van der Waals surface area contributed by atoms with Gasteiger partial charge in [0.15, 0.2) is 23.0 Å². The molecule has 0 N–H and O–H groups in total. The summed E-state index contributed by atoms with van der Waals surface area (Å²) in [5.41, 5.74) is -0.838. The van der Waals surface area contributed by atoms with Crippen molar-refractivity contribution in [2.24, 2.45) is 0 Å². The molecule has 2 aromatic carbocycles. The average Bonchev–Trinajstić information content (AvgIpc) is 3.78. The van der Waals surface area contributed by atoms with E-state index in [2.05, 4.69) is 0 Å². The first-order valence-electron chi connectivity index (χ1n) is 17.6. The Bertz CT molecular complexity index is 2080. The number of carbonyl (C=O) groups is 6. The summed E-state index contributed by atoms with van der Waals surface area (Å²) < 4.78 is 35.3. The highest BCUT2D eigenvalue weighted by Crippen LogP contribution is 2.44. The third kappa shape index (κ3) is 8.10. The minimum atomic E-state index is -0.682. The van der Waals surface area contributed by atoms with Crippen LogP contribution in [0.3, 0.4) is 0 Å². The van der Waals surface area contributed by atoms with Crippen LogP contribution in [0.15, 0.2) is 24.3 Å². The van der Waals surface area contributed by atoms with Crippen LogP contribution in [0, 0.1) is 0 Å². The van der Waals surface area contributed by atoms with Gasteiger partial charge in [-0.3, -0.25) is 38.6 Å². The molecule has 0 bridgehead atoms. The number of thiophene rings is 2. The van der Waals surface area contributed by atoms with Gasteiger partial charge in [0.2, 0.25) is 0 Å². The van der Waals surface area contributed by atoms with Crippen LogP contribution >= 0.6 is 22.7 Å². The molecule has 14 nitrogen and oxygen atoms in total. The summed E-state index contributed by atoms with van der Waals surface area (Å²) in [6.07, 6.45) is 0.182. The fourth-order valence-electron chi connectivity index (χ4n) is 6.20. The Morgan fingerprint density at radius 2 is 0.964 bits per heavy atom. The fraction of sp³-hybridized carbons (Fsp3) is 0.436. The van der Waals surface area contributed by atoms with Crippen LogP contribution in [-0.2, 0) is 19.1 Å². The average molecular weight is 795 g/mol. The van der Waals surface area contributed by atoms with Gasteiger partial charge in [-0.15, -0.1) is 22.7 Å². The zero-order valence-corrected chi connectivity index (χ0v) is 33.5. The lowest BCUT2D eigenvalue weighted by Crippen LogP contribution is -2.33. The van der Waals surface area contributed by atoms with Crippen molar-refractivity contribution in [1.29, 1.82) is 0 Å². The third-order valence-corrected chi connectivity index (χ3v) is 10.7. The predicted octanol–water partition coefficient (Wildman–Crippen LogP) is 6.64. The quantitative estimate of drug-likeness (QED) is 0.0761. The first-order chi connectivity index (χ1) is 25.9. The highest BCUT2D eigenvalue weighted by molar-refractivity contribution is 7.22. The second-order valence-electron chi connectivity index (χ2n) is 14.9. The van der Waals surface area contributed by atoms with Gasteiger partial charge in [0, 0.05) is 51.8 Å². The molecule has 0 aliphatic carbocycles. The van der Waals surface area contributed by atoms with Crippen molar-refractivity contribution in [2.45, 2.75) is 72.0 Å². The number of fused-ring (bicyclic) bond motifs is 6. The Balaban J connectivity index is 1.10. The van der Waals surface area contributed by atoms with Gasteiger partial charge in [0.25, 0.3) is 23.6 Å².